The number of carbonyl (C=O) groups excluding carboxylic acids is 2. The fraction of sp³-hybridized carbons (Fsp3) is 0.211. The largest absolute Gasteiger partial charge is 0.452 e. The number of amides is 1. The molecular weight excluding hydrogens is 414 g/mol. The molecule has 0 fully saturated rings. The van der Waals surface area contributed by atoms with Crippen LogP contribution in [0.2, 0.25) is 0 Å². The highest BCUT2D eigenvalue weighted by Crippen LogP contribution is 2.29. The third kappa shape index (κ3) is 4.78. The van der Waals surface area contributed by atoms with Crippen LogP contribution in [0.5, 0.6) is 0 Å². The Balaban J connectivity index is 1.64. The Morgan fingerprint density at radius 1 is 1.17 bits per heavy atom. The topological polar surface area (TPSA) is 114 Å². The van der Waals surface area contributed by atoms with Crippen LogP contribution in [0.3, 0.4) is 0 Å². The van der Waals surface area contributed by atoms with Gasteiger partial charge in [0.05, 0.1) is 20.7 Å². The predicted octanol–water partition coefficient (Wildman–Crippen LogP) is 2.62. The van der Waals surface area contributed by atoms with Gasteiger partial charge in [0.15, 0.2) is 11.7 Å². The number of hydrogen-bond acceptors (Lipinski definition) is 7. The van der Waals surface area contributed by atoms with E-state index in [-0.39, 0.29) is 10.5 Å². The second-order valence-electron chi connectivity index (χ2n) is 6.31. The van der Waals surface area contributed by atoms with Crippen LogP contribution < -0.4 is 10.0 Å². The monoisotopic (exact) mass is 433 g/mol. The molecule has 0 unspecified atom stereocenters. The van der Waals surface area contributed by atoms with Gasteiger partial charge in [0.1, 0.15) is 0 Å². The molecule has 10 heteroatoms. The number of benzene rings is 2. The lowest BCUT2D eigenvalue weighted by atomic mass is 10.1. The molecule has 1 aromatic heterocycles. The molecule has 2 aromatic carbocycles. The van der Waals surface area contributed by atoms with Gasteiger partial charge in [-0.3, -0.25) is 10.1 Å². The molecule has 0 atom stereocenters. The molecule has 1 heterocycles. The molecular formula is C19H19N3O5S2. The lowest BCUT2D eigenvalue weighted by Gasteiger charge is -2.07. The number of ether oxygens (including phenoxy) is 1. The minimum absolute atomic E-state index is 0.0280. The Morgan fingerprint density at radius 3 is 2.66 bits per heavy atom. The van der Waals surface area contributed by atoms with Crippen LogP contribution in [0.4, 0.5) is 5.13 Å². The third-order valence-electron chi connectivity index (χ3n) is 4.06. The summed E-state index contributed by atoms with van der Waals surface area (Å²) in [6.07, 6.45) is 0. The molecule has 29 heavy (non-hydrogen) atoms. The molecule has 3 aromatic rings. The van der Waals surface area contributed by atoms with E-state index in [9.17, 15) is 18.0 Å². The molecule has 0 bridgehead atoms. The van der Waals surface area contributed by atoms with Crippen molar-refractivity contribution in [2.45, 2.75) is 18.7 Å². The minimum Gasteiger partial charge on any atom is -0.452 e. The van der Waals surface area contributed by atoms with E-state index >= 15 is 0 Å². The summed E-state index contributed by atoms with van der Waals surface area (Å²) in [6.45, 7) is 3.42. The predicted molar refractivity (Wildman–Crippen MR) is 111 cm³/mol. The van der Waals surface area contributed by atoms with Crippen molar-refractivity contribution >= 4 is 48.6 Å². The van der Waals surface area contributed by atoms with E-state index in [1.54, 1.807) is 0 Å². The summed E-state index contributed by atoms with van der Waals surface area (Å²) < 4.78 is 31.8. The van der Waals surface area contributed by atoms with Crippen LogP contribution in [0.1, 0.15) is 21.5 Å². The molecule has 3 rings (SSSR count). The normalized spacial score (nSPS) is 11.4. The number of hydrogen-bond donors (Lipinski definition) is 2. The molecule has 0 aliphatic carbocycles. The molecule has 0 aliphatic rings. The fourth-order valence-electron chi connectivity index (χ4n) is 2.70. The Morgan fingerprint density at radius 2 is 1.93 bits per heavy atom. The smallest absolute Gasteiger partial charge is 0.338 e. The quantitative estimate of drug-likeness (QED) is 0.578. The first-order valence-corrected chi connectivity index (χ1v) is 10.9. The van der Waals surface area contributed by atoms with Crippen molar-refractivity contribution in [3.63, 3.8) is 0 Å². The van der Waals surface area contributed by atoms with Crippen molar-refractivity contribution in [1.29, 1.82) is 0 Å². The summed E-state index contributed by atoms with van der Waals surface area (Å²) in [5.74, 6) is -1.34. The first kappa shape index (κ1) is 20.9. The number of aromatic nitrogens is 1. The summed E-state index contributed by atoms with van der Waals surface area (Å²) in [6, 6.07) is 9.37. The van der Waals surface area contributed by atoms with Gasteiger partial charge in [-0.2, -0.15) is 0 Å². The highest BCUT2D eigenvalue weighted by atomic mass is 32.2. The Kier molecular flexibility index (Phi) is 5.96. The number of sulfonamides is 1. The third-order valence-corrected chi connectivity index (χ3v) is 6.39. The van der Waals surface area contributed by atoms with E-state index in [1.807, 2.05) is 26.0 Å². The summed E-state index contributed by atoms with van der Waals surface area (Å²) in [5, 5.41) is 3.03. The molecule has 0 radical (unpaired) electrons. The van der Waals surface area contributed by atoms with Crippen LogP contribution in [0.15, 0.2) is 41.3 Å². The van der Waals surface area contributed by atoms with Crippen molar-refractivity contribution in [2.75, 3.05) is 19.0 Å². The van der Waals surface area contributed by atoms with Crippen molar-refractivity contribution in [2.24, 2.45) is 0 Å². The van der Waals surface area contributed by atoms with E-state index in [4.69, 9.17) is 4.74 Å². The van der Waals surface area contributed by atoms with Gasteiger partial charge in [-0.25, -0.2) is 22.9 Å². The van der Waals surface area contributed by atoms with Crippen LogP contribution in [-0.4, -0.2) is 38.9 Å². The standard InChI is InChI=1S/C19H19N3O5S2/c1-11-7-12(2)17-15(8-11)28-19(22-17)21-16(23)10-27-18(24)13-5-4-6-14(9-13)29(25,26)20-3/h4-9,20H,10H2,1-3H3,(H,21,22,23). The van der Waals surface area contributed by atoms with Crippen LogP contribution in [-0.2, 0) is 19.6 Å². The SMILES string of the molecule is CNS(=O)(=O)c1cccc(C(=O)OCC(=O)Nc2nc3c(C)cc(C)cc3s2)c1. The van der Waals surface area contributed by atoms with Gasteiger partial charge in [0, 0.05) is 0 Å². The molecule has 2 N–H and O–H groups in total. The van der Waals surface area contributed by atoms with E-state index in [1.165, 1.54) is 42.6 Å². The molecule has 1 amide bonds. The number of thiazole rings is 1. The van der Waals surface area contributed by atoms with Gasteiger partial charge in [-0.1, -0.05) is 23.5 Å². The van der Waals surface area contributed by atoms with Crippen molar-refractivity contribution in [3.05, 3.63) is 53.1 Å². The van der Waals surface area contributed by atoms with Gasteiger partial charge in [-0.05, 0) is 56.3 Å². The van der Waals surface area contributed by atoms with Gasteiger partial charge >= 0.3 is 5.97 Å². The second-order valence-corrected chi connectivity index (χ2v) is 9.22. The van der Waals surface area contributed by atoms with Crippen LogP contribution in [0.25, 0.3) is 10.2 Å². The maximum Gasteiger partial charge on any atom is 0.338 e. The molecule has 152 valence electrons. The summed E-state index contributed by atoms with van der Waals surface area (Å²) in [7, 11) is -2.42. The van der Waals surface area contributed by atoms with Gasteiger partial charge in [-0.15, -0.1) is 0 Å². The highest BCUT2D eigenvalue weighted by Gasteiger charge is 2.16. The molecule has 0 saturated carbocycles. The number of rotatable bonds is 6. The number of fused-ring (bicyclic) bond motifs is 1. The van der Waals surface area contributed by atoms with Gasteiger partial charge in [0.25, 0.3) is 5.91 Å². The summed E-state index contributed by atoms with van der Waals surface area (Å²) in [4.78, 5) is 28.6. The zero-order valence-electron chi connectivity index (χ0n) is 16.0. The molecule has 0 spiro atoms. The maximum atomic E-state index is 12.2. The Hall–Kier alpha value is -2.82. The number of esters is 1. The van der Waals surface area contributed by atoms with E-state index in [2.05, 4.69) is 15.0 Å². The average molecular weight is 434 g/mol. The maximum absolute atomic E-state index is 12.2. The molecule has 0 saturated heterocycles. The lowest BCUT2D eigenvalue weighted by Crippen LogP contribution is -2.21. The summed E-state index contributed by atoms with van der Waals surface area (Å²) >= 11 is 1.33. The number of nitrogens with one attached hydrogen (secondary N) is 2. The van der Waals surface area contributed by atoms with E-state index < -0.39 is 28.5 Å². The fourth-order valence-corrected chi connectivity index (χ4v) is 4.54. The number of nitrogens with zero attached hydrogens (tertiary/aromatic N) is 1. The first-order valence-electron chi connectivity index (χ1n) is 8.58. The Labute approximate surface area is 172 Å². The number of carbonyl (C=O) groups is 2. The zero-order chi connectivity index (χ0) is 21.2. The van der Waals surface area contributed by atoms with Crippen LogP contribution in [0, 0.1) is 13.8 Å². The number of anilines is 1. The van der Waals surface area contributed by atoms with Crippen molar-refractivity contribution in [3.8, 4) is 0 Å². The second kappa shape index (κ2) is 8.27. The molecule has 0 aliphatic heterocycles. The first-order chi connectivity index (χ1) is 13.7. The van der Waals surface area contributed by atoms with Crippen molar-refractivity contribution < 1.29 is 22.7 Å². The highest BCUT2D eigenvalue weighted by molar-refractivity contribution is 7.89. The van der Waals surface area contributed by atoms with E-state index in [0.717, 1.165) is 21.3 Å². The zero-order valence-corrected chi connectivity index (χ0v) is 17.6. The van der Waals surface area contributed by atoms with Gasteiger partial charge in [0.2, 0.25) is 10.0 Å². The number of aryl methyl sites for hydroxylation is 2. The average Bonchev–Trinajstić information content (AvgIpc) is 3.08. The van der Waals surface area contributed by atoms with E-state index in [0.29, 0.717) is 5.13 Å². The Bertz CT molecular complexity index is 1200. The van der Waals surface area contributed by atoms with Gasteiger partial charge < -0.3 is 4.74 Å². The molecule has 8 nitrogen and oxygen atoms in total. The summed E-state index contributed by atoms with van der Waals surface area (Å²) in [5.41, 5.74) is 2.96. The van der Waals surface area contributed by atoms with Crippen molar-refractivity contribution in [1.82, 2.24) is 9.71 Å². The lowest BCUT2D eigenvalue weighted by molar-refractivity contribution is -0.119. The minimum atomic E-state index is -3.69. The van der Waals surface area contributed by atoms with Crippen LogP contribution >= 0.6 is 11.3 Å².